The van der Waals surface area contributed by atoms with E-state index in [1.165, 1.54) is 6.07 Å². The Labute approximate surface area is 169 Å². The lowest BCUT2D eigenvalue weighted by atomic mass is 10.1. The Morgan fingerprint density at radius 1 is 1.32 bits per heavy atom. The molecule has 1 heterocycles. The van der Waals surface area contributed by atoms with Crippen LogP contribution in [0.4, 0.5) is 4.39 Å². The SMILES string of the molecule is CN=C(NCCCn1ccnc1)NCc1ccc(F)cc1CSC.I. The summed E-state index contributed by atoms with van der Waals surface area (Å²) in [5, 5.41) is 6.58. The van der Waals surface area contributed by atoms with Gasteiger partial charge in [-0.05, 0) is 35.9 Å². The van der Waals surface area contributed by atoms with Gasteiger partial charge in [0.05, 0.1) is 6.33 Å². The third-order valence-electron chi connectivity index (χ3n) is 3.58. The molecule has 0 aliphatic heterocycles. The lowest BCUT2D eigenvalue weighted by Crippen LogP contribution is -2.37. The highest BCUT2D eigenvalue weighted by Crippen LogP contribution is 2.16. The molecule has 0 aliphatic rings. The first-order valence-electron chi connectivity index (χ1n) is 7.89. The van der Waals surface area contributed by atoms with Crippen LogP contribution in [0, 0.1) is 5.82 Å². The molecule has 2 rings (SSSR count). The first kappa shape index (κ1) is 21.8. The van der Waals surface area contributed by atoms with Crippen molar-refractivity contribution in [3.05, 3.63) is 53.9 Å². The second-order valence-corrected chi connectivity index (χ2v) is 6.22. The highest BCUT2D eigenvalue weighted by molar-refractivity contribution is 14.0. The second kappa shape index (κ2) is 12.1. The number of nitrogens with zero attached hydrogens (tertiary/aromatic N) is 3. The number of imidazole rings is 1. The van der Waals surface area contributed by atoms with E-state index in [0.29, 0.717) is 6.54 Å². The molecule has 0 saturated carbocycles. The monoisotopic (exact) mass is 477 g/mol. The van der Waals surface area contributed by atoms with Gasteiger partial charge in [-0.1, -0.05) is 6.07 Å². The van der Waals surface area contributed by atoms with Gasteiger partial charge in [-0.2, -0.15) is 11.8 Å². The third-order valence-corrected chi connectivity index (χ3v) is 4.18. The molecule has 8 heteroatoms. The summed E-state index contributed by atoms with van der Waals surface area (Å²) >= 11 is 1.69. The molecule has 5 nitrogen and oxygen atoms in total. The van der Waals surface area contributed by atoms with E-state index in [0.717, 1.165) is 42.3 Å². The predicted molar refractivity (Wildman–Crippen MR) is 114 cm³/mol. The Morgan fingerprint density at radius 2 is 2.16 bits per heavy atom. The molecular formula is C17H25FIN5S. The van der Waals surface area contributed by atoms with Crippen molar-refractivity contribution in [1.82, 2.24) is 20.2 Å². The third kappa shape index (κ3) is 7.64. The van der Waals surface area contributed by atoms with E-state index in [9.17, 15) is 4.39 Å². The Morgan fingerprint density at radius 3 is 2.84 bits per heavy atom. The van der Waals surface area contributed by atoms with Gasteiger partial charge in [-0.25, -0.2) is 9.37 Å². The summed E-state index contributed by atoms with van der Waals surface area (Å²) in [7, 11) is 1.75. The van der Waals surface area contributed by atoms with Crippen LogP contribution in [-0.4, -0.2) is 35.4 Å². The second-order valence-electron chi connectivity index (χ2n) is 5.35. The maximum atomic E-state index is 13.4. The van der Waals surface area contributed by atoms with E-state index in [2.05, 4.69) is 20.6 Å². The first-order valence-corrected chi connectivity index (χ1v) is 9.29. The molecular weight excluding hydrogens is 452 g/mol. The average molecular weight is 477 g/mol. The molecule has 138 valence electrons. The van der Waals surface area contributed by atoms with E-state index in [-0.39, 0.29) is 29.8 Å². The van der Waals surface area contributed by atoms with Crippen LogP contribution in [0.2, 0.25) is 0 Å². The summed E-state index contributed by atoms with van der Waals surface area (Å²) in [4.78, 5) is 8.25. The van der Waals surface area contributed by atoms with Gasteiger partial charge in [0.25, 0.3) is 0 Å². The largest absolute Gasteiger partial charge is 0.356 e. The summed E-state index contributed by atoms with van der Waals surface area (Å²) in [5.41, 5.74) is 2.11. The highest BCUT2D eigenvalue weighted by Gasteiger charge is 2.05. The number of nitrogens with one attached hydrogen (secondary N) is 2. The summed E-state index contributed by atoms with van der Waals surface area (Å²) in [6.45, 7) is 2.36. The molecule has 0 radical (unpaired) electrons. The number of thioether (sulfide) groups is 1. The number of aliphatic imine (C=N–C) groups is 1. The fourth-order valence-corrected chi connectivity index (χ4v) is 2.92. The van der Waals surface area contributed by atoms with Crippen molar-refractivity contribution >= 4 is 41.7 Å². The number of aromatic nitrogens is 2. The average Bonchev–Trinajstić information content (AvgIpc) is 3.09. The number of hydrogen-bond donors (Lipinski definition) is 2. The number of rotatable bonds is 8. The standard InChI is InChI=1S/C17H24FN5S.HI/c1-19-17(21-6-3-8-23-9-7-20-13-23)22-11-14-4-5-16(18)10-15(14)12-24-2;/h4-5,7,9-10,13H,3,6,8,11-12H2,1-2H3,(H2,19,21,22);1H. The molecule has 0 atom stereocenters. The van der Waals surface area contributed by atoms with Gasteiger partial charge in [-0.3, -0.25) is 4.99 Å². The Hall–Kier alpha value is -1.29. The van der Waals surface area contributed by atoms with Gasteiger partial charge in [0.1, 0.15) is 5.82 Å². The normalized spacial score (nSPS) is 11.1. The smallest absolute Gasteiger partial charge is 0.191 e. The fraction of sp³-hybridized carbons (Fsp3) is 0.412. The molecule has 25 heavy (non-hydrogen) atoms. The summed E-state index contributed by atoms with van der Waals surface area (Å²) < 4.78 is 15.4. The van der Waals surface area contributed by atoms with Crippen LogP contribution in [0.1, 0.15) is 17.5 Å². The predicted octanol–water partition coefficient (Wildman–Crippen LogP) is 3.26. The topological polar surface area (TPSA) is 54.2 Å². The quantitative estimate of drug-likeness (QED) is 0.265. The van der Waals surface area contributed by atoms with Gasteiger partial charge in [0, 0.05) is 44.8 Å². The van der Waals surface area contributed by atoms with E-state index in [1.807, 2.05) is 29.4 Å². The van der Waals surface area contributed by atoms with Crippen LogP contribution < -0.4 is 10.6 Å². The highest BCUT2D eigenvalue weighted by atomic mass is 127. The zero-order valence-corrected chi connectivity index (χ0v) is 17.7. The summed E-state index contributed by atoms with van der Waals surface area (Å²) in [6.07, 6.45) is 8.54. The molecule has 0 unspecified atom stereocenters. The molecule has 2 aromatic rings. The molecule has 0 bridgehead atoms. The molecule has 1 aromatic carbocycles. The van der Waals surface area contributed by atoms with E-state index in [4.69, 9.17) is 0 Å². The van der Waals surface area contributed by atoms with Gasteiger partial charge < -0.3 is 15.2 Å². The van der Waals surface area contributed by atoms with Crippen molar-refractivity contribution in [2.75, 3.05) is 19.8 Å². The van der Waals surface area contributed by atoms with Crippen molar-refractivity contribution in [1.29, 1.82) is 0 Å². The Balaban J connectivity index is 0.00000312. The first-order chi connectivity index (χ1) is 11.7. The van der Waals surface area contributed by atoms with E-state index >= 15 is 0 Å². The van der Waals surface area contributed by atoms with Gasteiger partial charge in [0.15, 0.2) is 5.96 Å². The minimum absolute atomic E-state index is 0. The maximum Gasteiger partial charge on any atom is 0.191 e. The van der Waals surface area contributed by atoms with Crippen LogP contribution in [0.3, 0.4) is 0 Å². The number of halogens is 2. The molecule has 1 aromatic heterocycles. The fourth-order valence-electron chi connectivity index (χ4n) is 2.34. The maximum absolute atomic E-state index is 13.4. The van der Waals surface area contributed by atoms with Crippen molar-refractivity contribution < 1.29 is 4.39 Å². The molecule has 0 fully saturated rings. The Bertz CT molecular complexity index is 648. The summed E-state index contributed by atoms with van der Waals surface area (Å²) in [6, 6.07) is 4.94. The van der Waals surface area contributed by atoms with Crippen molar-refractivity contribution in [2.24, 2.45) is 4.99 Å². The molecule has 0 aliphatic carbocycles. The van der Waals surface area contributed by atoms with Crippen LogP contribution in [0.15, 0.2) is 41.9 Å². The van der Waals surface area contributed by atoms with Crippen LogP contribution >= 0.6 is 35.7 Å². The van der Waals surface area contributed by atoms with Crippen molar-refractivity contribution in [2.45, 2.75) is 25.3 Å². The van der Waals surface area contributed by atoms with E-state index < -0.39 is 0 Å². The van der Waals surface area contributed by atoms with Crippen molar-refractivity contribution in [3.63, 3.8) is 0 Å². The zero-order valence-electron chi connectivity index (χ0n) is 14.5. The molecule has 0 amide bonds. The number of aryl methyl sites for hydroxylation is 1. The number of hydrogen-bond acceptors (Lipinski definition) is 3. The Kier molecular flexibility index (Phi) is 10.6. The lowest BCUT2D eigenvalue weighted by Gasteiger charge is -2.14. The van der Waals surface area contributed by atoms with Crippen LogP contribution in [0.5, 0.6) is 0 Å². The van der Waals surface area contributed by atoms with Gasteiger partial charge in [-0.15, -0.1) is 24.0 Å². The van der Waals surface area contributed by atoms with Gasteiger partial charge >= 0.3 is 0 Å². The minimum atomic E-state index is -0.190. The van der Waals surface area contributed by atoms with E-state index in [1.54, 1.807) is 31.1 Å². The van der Waals surface area contributed by atoms with Crippen molar-refractivity contribution in [3.8, 4) is 0 Å². The summed E-state index contributed by atoms with van der Waals surface area (Å²) in [5.74, 6) is 1.36. The zero-order chi connectivity index (χ0) is 17.2. The lowest BCUT2D eigenvalue weighted by molar-refractivity contribution is 0.622. The minimum Gasteiger partial charge on any atom is -0.356 e. The molecule has 0 spiro atoms. The molecule has 2 N–H and O–H groups in total. The van der Waals surface area contributed by atoms with Crippen LogP contribution in [0.25, 0.3) is 0 Å². The number of guanidine groups is 1. The number of benzene rings is 1. The van der Waals surface area contributed by atoms with Crippen LogP contribution in [-0.2, 0) is 18.8 Å². The molecule has 0 saturated heterocycles. The van der Waals surface area contributed by atoms with Gasteiger partial charge in [0.2, 0.25) is 0 Å².